The number of likely N-dealkylation sites (N-methyl/N-ethyl adjacent to an activating group) is 1. The highest BCUT2D eigenvalue weighted by Gasteiger charge is 2.45. The number of rotatable bonds is 1. The van der Waals surface area contributed by atoms with Crippen molar-refractivity contribution in [2.24, 2.45) is 5.92 Å². The minimum Gasteiger partial charge on any atom is -0.324 e. The van der Waals surface area contributed by atoms with Gasteiger partial charge in [-0.05, 0) is 32.1 Å². The van der Waals surface area contributed by atoms with E-state index in [4.69, 9.17) is 0 Å². The van der Waals surface area contributed by atoms with Crippen molar-refractivity contribution in [3.63, 3.8) is 0 Å². The summed E-state index contributed by atoms with van der Waals surface area (Å²) in [5, 5.41) is 3.43. The van der Waals surface area contributed by atoms with E-state index in [0.717, 1.165) is 25.3 Å². The lowest BCUT2D eigenvalue weighted by Crippen LogP contribution is -2.54. The molecule has 2 rings (SSSR count). The smallest absolute Gasteiger partial charge is 0.238 e. The van der Waals surface area contributed by atoms with E-state index in [9.17, 15) is 4.79 Å². The summed E-state index contributed by atoms with van der Waals surface area (Å²) in [6, 6.07) is 0. The number of hydrogen-bond donors (Lipinski definition) is 1. The molecular weight excluding hydrogens is 176 g/mol. The van der Waals surface area contributed by atoms with Gasteiger partial charge >= 0.3 is 0 Å². The molecule has 1 heterocycles. The fourth-order valence-corrected chi connectivity index (χ4v) is 3.08. The second kappa shape index (κ2) is 3.54. The van der Waals surface area contributed by atoms with Crippen LogP contribution in [0.4, 0.5) is 0 Å². The molecule has 1 amide bonds. The van der Waals surface area contributed by atoms with Gasteiger partial charge in [0.25, 0.3) is 0 Å². The van der Waals surface area contributed by atoms with Crippen molar-refractivity contribution in [3.05, 3.63) is 0 Å². The molecule has 1 spiro atoms. The first-order valence-corrected chi connectivity index (χ1v) is 5.73. The van der Waals surface area contributed by atoms with Crippen molar-refractivity contribution in [1.82, 2.24) is 10.2 Å². The Hall–Kier alpha value is -0.570. The molecule has 2 aliphatic rings. The minimum absolute atomic E-state index is 0.0174. The Morgan fingerprint density at radius 2 is 2.43 bits per heavy atom. The van der Waals surface area contributed by atoms with Crippen molar-refractivity contribution in [2.75, 3.05) is 13.1 Å². The van der Waals surface area contributed by atoms with Gasteiger partial charge in [-0.3, -0.25) is 10.1 Å². The van der Waals surface area contributed by atoms with Crippen molar-refractivity contribution in [3.8, 4) is 0 Å². The molecule has 1 saturated heterocycles. The summed E-state index contributed by atoms with van der Waals surface area (Å²) in [5.41, 5.74) is 0.0174. The zero-order valence-corrected chi connectivity index (χ0v) is 9.18. The first-order chi connectivity index (χ1) is 6.68. The normalized spacial score (nSPS) is 38.3. The molecular formula is C11H20N2O. The molecule has 3 heteroatoms. The predicted octanol–water partition coefficient (Wildman–Crippen LogP) is 1.34. The maximum atomic E-state index is 11.6. The summed E-state index contributed by atoms with van der Waals surface area (Å²) in [6.07, 6.45) is 4.83. The molecule has 0 radical (unpaired) electrons. The van der Waals surface area contributed by atoms with Crippen LogP contribution >= 0.6 is 0 Å². The number of carbonyl (C=O) groups excluding carboxylic acids is 1. The van der Waals surface area contributed by atoms with Gasteiger partial charge in [0.1, 0.15) is 0 Å². The topological polar surface area (TPSA) is 32.3 Å². The van der Waals surface area contributed by atoms with Crippen LogP contribution < -0.4 is 5.32 Å². The lowest BCUT2D eigenvalue weighted by molar-refractivity contribution is -0.131. The van der Waals surface area contributed by atoms with Crippen LogP contribution in [0.1, 0.15) is 39.5 Å². The molecule has 1 N–H and O–H groups in total. The number of carbonyl (C=O) groups is 1. The standard InChI is InChI=1S/C11H20N2O/c1-3-13-10(14)8-12-11(13)6-4-5-9(2)7-11/h9,12H,3-8H2,1-2H3. The van der Waals surface area contributed by atoms with E-state index in [-0.39, 0.29) is 11.6 Å². The number of nitrogens with one attached hydrogen (secondary N) is 1. The van der Waals surface area contributed by atoms with Gasteiger partial charge in [0, 0.05) is 6.54 Å². The number of nitrogens with zero attached hydrogens (tertiary/aromatic N) is 1. The zero-order valence-electron chi connectivity index (χ0n) is 9.18. The van der Waals surface area contributed by atoms with E-state index in [1.165, 1.54) is 12.8 Å². The van der Waals surface area contributed by atoms with E-state index < -0.39 is 0 Å². The molecule has 0 aromatic heterocycles. The highest BCUT2D eigenvalue weighted by atomic mass is 16.2. The summed E-state index contributed by atoms with van der Waals surface area (Å²) in [5.74, 6) is 1.03. The Labute approximate surface area is 85.8 Å². The largest absolute Gasteiger partial charge is 0.324 e. The maximum absolute atomic E-state index is 11.6. The van der Waals surface area contributed by atoms with Crippen LogP contribution in [0.3, 0.4) is 0 Å². The monoisotopic (exact) mass is 196 g/mol. The Kier molecular flexibility index (Phi) is 2.52. The van der Waals surface area contributed by atoms with Gasteiger partial charge in [-0.25, -0.2) is 0 Å². The highest BCUT2D eigenvalue weighted by Crippen LogP contribution is 2.36. The summed E-state index contributed by atoms with van der Waals surface area (Å²) in [7, 11) is 0. The molecule has 0 bridgehead atoms. The third-order valence-electron chi connectivity index (χ3n) is 3.68. The predicted molar refractivity (Wildman–Crippen MR) is 55.8 cm³/mol. The molecule has 0 aromatic rings. The molecule has 1 aliphatic carbocycles. The molecule has 0 aromatic carbocycles. The van der Waals surface area contributed by atoms with Crippen molar-refractivity contribution >= 4 is 5.91 Å². The average molecular weight is 196 g/mol. The Bertz CT molecular complexity index is 241. The van der Waals surface area contributed by atoms with Crippen LogP contribution in [0.5, 0.6) is 0 Å². The van der Waals surface area contributed by atoms with Crippen LogP contribution in [0.2, 0.25) is 0 Å². The lowest BCUT2D eigenvalue weighted by atomic mass is 9.81. The van der Waals surface area contributed by atoms with E-state index in [0.29, 0.717) is 6.54 Å². The van der Waals surface area contributed by atoms with E-state index >= 15 is 0 Å². The van der Waals surface area contributed by atoms with Gasteiger partial charge in [-0.15, -0.1) is 0 Å². The fourth-order valence-electron chi connectivity index (χ4n) is 3.08. The summed E-state index contributed by atoms with van der Waals surface area (Å²) >= 11 is 0. The lowest BCUT2D eigenvalue weighted by Gasteiger charge is -2.43. The van der Waals surface area contributed by atoms with Gasteiger partial charge in [-0.2, -0.15) is 0 Å². The van der Waals surface area contributed by atoms with Crippen molar-refractivity contribution in [1.29, 1.82) is 0 Å². The van der Waals surface area contributed by atoms with Gasteiger partial charge < -0.3 is 4.90 Å². The SMILES string of the molecule is CCN1C(=O)CNC12CCCC(C)C2. The fraction of sp³-hybridized carbons (Fsp3) is 0.909. The molecule has 1 aliphatic heterocycles. The Morgan fingerprint density at radius 3 is 3.07 bits per heavy atom. The third kappa shape index (κ3) is 1.44. The summed E-state index contributed by atoms with van der Waals surface area (Å²) < 4.78 is 0. The number of hydrogen-bond acceptors (Lipinski definition) is 2. The summed E-state index contributed by atoms with van der Waals surface area (Å²) in [4.78, 5) is 13.7. The highest BCUT2D eigenvalue weighted by molar-refractivity contribution is 5.81. The average Bonchev–Trinajstić information content (AvgIpc) is 2.43. The molecule has 2 atom stereocenters. The molecule has 14 heavy (non-hydrogen) atoms. The molecule has 1 saturated carbocycles. The van der Waals surface area contributed by atoms with Crippen LogP contribution in [-0.2, 0) is 4.79 Å². The molecule has 2 fully saturated rings. The Morgan fingerprint density at radius 1 is 1.64 bits per heavy atom. The second-order valence-electron chi connectivity index (χ2n) is 4.72. The van der Waals surface area contributed by atoms with Crippen molar-refractivity contribution in [2.45, 2.75) is 45.2 Å². The van der Waals surface area contributed by atoms with Crippen LogP contribution in [-0.4, -0.2) is 29.6 Å². The van der Waals surface area contributed by atoms with E-state index in [2.05, 4.69) is 19.2 Å². The van der Waals surface area contributed by atoms with Crippen LogP contribution in [0.25, 0.3) is 0 Å². The van der Waals surface area contributed by atoms with Crippen LogP contribution in [0.15, 0.2) is 0 Å². The third-order valence-corrected chi connectivity index (χ3v) is 3.68. The molecule has 2 unspecified atom stereocenters. The zero-order chi connectivity index (χ0) is 10.2. The maximum Gasteiger partial charge on any atom is 0.238 e. The molecule has 3 nitrogen and oxygen atoms in total. The van der Waals surface area contributed by atoms with Gasteiger partial charge in [0.15, 0.2) is 0 Å². The van der Waals surface area contributed by atoms with E-state index in [1.54, 1.807) is 0 Å². The van der Waals surface area contributed by atoms with Gasteiger partial charge in [0.2, 0.25) is 5.91 Å². The quantitative estimate of drug-likeness (QED) is 0.686. The number of amides is 1. The summed E-state index contributed by atoms with van der Waals surface area (Å²) in [6.45, 7) is 5.75. The van der Waals surface area contributed by atoms with Crippen LogP contribution in [0, 0.1) is 5.92 Å². The van der Waals surface area contributed by atoms with Gasteiger partial charge in [0.05, 0.1) is 12.2 Å². The minimum atomic E-state index is 0.0174. The van der Waals surface area contributed by atoms with Gasteiger partial charge in [-0.1, -0.05) is 13.3 Å². The van der Waals surface area contributed by atoms with Crippen molar-refractivity contribution < 1.29 is 4.79 Å². The first kappa shape index (κ1) is 9.97. The Balaban J connectivity index is 2.17. The first-order valence-electron chi connectivity index (χ1n) is 5.73. The molecule has 80 valence electrons. The second-order valence-corrected chi connectivity index (χ2v) is 4.72. The van der Waals surface area contributed by atoms with E-state index in [1.807, 2.05) is 4.90 Å².